The molecule has 2 N–H and O–H groups in total. The second-order valence-electron chi connectivity index (χ2n) is 5.46. The van der Waals surface area contributed by atoms with E-state index in [-0.39, 0.29) is 6.03 Å². The quantitative estimate of drug-likeness (QED) is 0.443. The van der Waals surface area contributed by atoms with Crippen molar-refractivity contribution in [2.24, 2.45) is 0 Å². The predicted octanol–water partition coefficient (Wildman–Crippen LogP) is 3.60. The van der Waals surface area contributed by atoms with Crippen LogP contribution in [-0.2, 0) is 12.2 Å². The second-order valence-corrected chi connectivity index (χ2v) is 7.66. The number of ether oxygens (including phenoxy) is 1. The lowest BCUT2D eigenvalue weighted by Gasteiger charge is -2.06. The number of urea groups is 1. The molecule has 27 heavy (non-hydrogen) atoms. The summed E-state index contributed by atoms with van der Waals surface area (Å²) in [5, 5.41) is 14.1. The van der Waals surface area contributed by atoms with Gasteiger partial charge in [0.15, 0.2) is 4.34 Å². The Morgan fingerprint density at radius 2 is 2.04 bits per heavy atom. The van der Waals surface area contributed by atoms with Crippen LogP contribution >= 0.6 is 23.1 Å². The summed E-state index contributed by atoms with van der Waals surface area (Å²) in [6.07, 6.45) is 2.50. The molecule has 0 bridgehead atoms. The Hall–Kier alpha value is -2.65. The summed E-state index contributed by atoms with van der Waals surface area (Å²) in [6.45, 7) is 0.526. The highest BCUT2D eigenvalue weighted by Gasteiger charge is 2.08. The third kappa shape index (κ3) is 6.22. The molecule has 7 nitrogen and oxygen atoms in total. The minimum atomic E-state index is -0.291. The van der Waals surface area contributed by atoms with Gasteiger partial charge in [-0.25, -0.2) is 4.79 Å². The van der Waals surface area contributed by atoms with Crippen LogP contribution in [0.2, 0.25) is 0 Å². The third-order valence-electron chi connectivity index (χ3n) is 3.55. The summed E-state index contributed by atoms with van der Waals surface area (Å²) < 4.78 is 5.91. The summed E-state index contributed by atoms with van der Waals surface area (Å²) in [7, 11) is 1.64. The minimum absolute atomic E-state index is 0.291. The number of thioether (sulfide) groups is 1. The smallest absolute Gasteiger partial charge is 0.321 e. The molecule has 2 amide bonds. The molecular formula is C18H19N5O2S2. The molecule has 9 heteroatoms. The van der Waals surface area contributed by atoms with Gasteiger partial charge in [-0.3, -0.25) is 10.3 Å². The number of hydrogen-bond donors (Lipinski definition) is 2. The molecule has 0 unspecified atom stereocenters. The Morgan fingerprint density at radius 1 is 1.19 bits per heavy atom. The second kappa shape index (κ2) is 9.89. The van der Waals surface area contributed by atoms with E-state index >= 15 is 0 Å². The highest BCUT2D eigenvalue weighted by molar-refractivity contribution is 8.00. The summed E-state index contributed by atoms with van der Waals surface area (Å²) in [4.78, 5) is 16.2. The van der Waals surface area contributed by atoms with Gasteiger partial charge < -0.3 is 10.1 Å². The molecule has 0 atom stereocenters. The number of benzene rings is 1. The number of hydrogen-bond acceptors (Lipinski definition) is 7. The Balaban J connectivity index is 1.39. The zero-order valence-corrected chi connectivity index (χ0v) is 16.3. The first kappa shape index (κ1) is 19.1. The third-order valence-corrected chi connectivity index (χ3v) is 5.56. The van der Waals surface area contributed by atoms with Gasteiger partial charge in [0.2, 0.25) is 5.13 Å². The van der Waals surface area contributed by atoms with E-state index in [4.69, 9.17) is 4.74 Å². The molecule has 2 heterocycles. The number of aromatic nitrogens is 3. The van der Waals surface area contributed by atoms with E-state index in [1.807, 2.05) is 42.5 Å². The molecule has 3 rings (SSSR count). The number of amides is 2. The number of nitrogens with one attached hydrogen (secondary N) is 2. The number of pyridine rings is 1. The summed E-state index contributed by atoms with van der Waals surface area (Å²) in [5.74, 6) is 1.53. The number of carbonyl (C=O) groups excluding carboxylic acids is 1. The van der Waals surface area contributed by atoms with Crippen molar-refractivity contribution in [1.29, 1.82) is 0 Å². The van der Waals surface area contributed by atoms with Crippen molar-refractivity contribution in [1.82, 2.24) is 20.5 Å². The van der Waals surface area contributed by atoms with Gasteiger partial charge in [0.25, 0.3) is 0 Å². The summed E-state index contributed by atoms with van der Waals surface area (Å²) in [5.41, 5.74) is 2.10. The molecule has 0 aliphatic carbocycles. The number of anilines is 1. The summed E-state index contributed by atoms with van der Waals surface area (Å²) >= 11 is 2.88. The van der Waals surface area contributed by atoms with Gasteiger partial charge in [0.1, 0.15) is 5.75 Å². The first-order chi connectivity index (χ1) is 13.2. The van der Waals surface area contributed by atoms with Gasteiger partial charge in [-0.05, 0) is 36.2 Å². The molecule has 0 aliphatic heterocycles. The molecular weight excluding hydrogens is 382 g/mol. The molecule has 0 radical (unpaired) electrons. The Bertz CT molecular complexity index is 856. The molecule has 2 aromatic heterocycles. The van der Waals surface area contributed by atoms with E-state index in [0.29, 0.717) is 17.4 Å². The number of rotatable bonds is 8. The lowest BCUT2D eigenvalue weighted by Crippen LogP contribution is -2.30. The van der Waals surface area contributed by atoms with Gasteiger partial charge in [-0.15, -0.1) is 10.2 Å². The zero-order valence-electron chi connectivity index (χ0n) is 14.7. The van der Waals surface area contributed by atoms with Gasteiger partial charge in [-0.1, -0.05) is 41.3 Å². The Morgan fingerprint density at radius 3 is 2.78 bits per heavy atom. The highest BCUT2D eigenvalue weighted by atomic mass is 32.2. The largest absolute Gasteiger partial charge is 0.497 e. The maximum absolute atomic E-state index is 12.0. The van der Waals surface area contributed by atoms with E-state index in [9.17, 15) is 4.79 Å². The average molecular weight is 402 g/mol. The Labute approximate surface area is 165 Å². The van der Waals surface area contributed by atoms with Crippen LogP contribution in [0.5, 0.6) is 5.75 Å². The SMILES string of the molecule is COc1ccc(CCNC(=O)Nc2nnc(SCc3ccccn3)s2)cc1. The maximum atomic E-state index is 12.0. The van der Waals surface area contributed by atoms with E-state index in [2.05, 4.69) is 25.8 Å². The first-order valence-corrected chi connectivity index (χ1v) is 10.1. The van der Waals surface area contributed by atoms with Gasteiger partial charge in [0.05, 0.1) is 12.8 Å². The van der Waals surface area contributed by atoms with Crippen LogP contribution < -0.4 is 15.4 Å². The van der Waals surface area contributed by atoms with Crippen molar-refractivity contribution in [3.63, 3.8) is 0 Å². The minimum Gasteiger partial charge on any atom is -0.497 e. The van der Waals surface area contributed by atoms with Crippen LogP contribution in [0.4, 0.5) is 9.93 Å². The van der Waals surface area contributed by atoms with Crippen LogP contribution in [-0.4, -0.2) is 34.9 Å². The van der Waals surface area contributed by atoms with Crippen LogP contribution in [0.15, 0.2) is 53.0 Å². The summed E-state index contributed by atoms with van der Waals surface area (Å²) in [6, 6.07) is 13.3. The van der Waals surface area contributed by atoms with Crippen molar-refractivity contribution in [2.75, 3.05) is 19.0 Å². The molecule has 1 aromatic carbocycles. The number of methoxy groups -OCH3 is 1. The fraction of sp³-hybridized carbons (Fsp3) is 0.222. The predicted molar refractivity (Wildman–Crippen MR) is 107 cm³/mol. The van der Waals surface area contributed by atoms with Crippen molar-refractivity contribution < 1.29 is 9.53 Å². The average Bonchev–Trinajstić information content (AvgIpc) is 3.15. The Kier molecular flexibility index (Phi) is 7.00. The van der Waals surface area contributed by atoms with Crippen LogP contribution in [0, 0.1) is 0 Å². The first-order valence-electron chi connectivity index (χ1n) is 8.27. The number of nitrogens with zero attached hydrogens (tertiary/aromatic N) is 3. The van der Waals surface area contributed by atoms with E-state index in [1.54, 1.807) is 25.1 Å². The monoisotopic (exact) mass is 401 g/mol. The normalized spacial score (nSPS) is 10.4. The van der Waals surface area contributed by atoms with Crippen molar-refractivity contribution in [2.45, 2.75) is 16.5 Å². The molecule has 0 fully saturated rings. The molecule has 140 valence electrons. The van der Waals surface area contributed by atoms with Crippen LogP contribution in [0.1, 0.15) is 11.3 Å². The fourth-order valence-corrected chi connectivity index (χ4v) is 3.85. The van der Waals surface area contributed by atoms with E-state index < -0.39 is 0 Å². The molecule has 0 spiro atoms. The van der Waals surface area contributed by atoms with Gasteiger partial charge in [0, 0.05) is 18.5 Å². The topological polar surface area (TPSA) is 89.0 Å². The molecule has 0 aliphatic rings. The standard InChI is InChI=1S/C18H19N5O2S2/c1-25-15-7-5-13(6-8-15)9-11-20-16(24)21-17-22-23-18(27-17)26-12-14-4-2-3-10-19-14/h2-8,10H,9,11-12H2,1H3,(H2,20,21,22,24). The number of carbonyl (C=O) groups is 1. The van der Waals surface area contributed by atoms with Gasteiger partial charge in [-0.2, -0.15) is 0 Å². The fourth-order valence-electron chi connectivity index (χ4n) is 2.19. The van der Waals surface area contributed by atoms with Crippen LogP contribution in [0.25, 0.3) is 0 Å². The lowest BCUT2D eigenvalue weighted by atomic mass is 10.1. The van der Waals surface area contributed by atoms with Gasteiger partial charge >= 0.3 is 6.03 Å². The van der Waals surface area contributed by atoms with E-state index in [1.165, 1.54) is 11.3 Å². The van der Waals surface area contributed by atoms with Crippen LogP contribution in [0.3, 0.4) is 0 Å². The van der Waals surface area contributed by atoms with E-state index in [0.717, 1.165) is 27.8 Å². The zero-order chi connectivity index (χ0) is 18.9. The molecule has 0 saturated carbocycles. The lowest BCUT2D eigenvalue weighted by molar-refractivity contribution is 0.252. The highest BCUT2D eigenvalue weighted by Crippen LogP contribution is 2.27. The molecule has 3 aromatic rings. The molecule has 0 saturated heterocycles. The van der Waals surface area contributed by atoms with Crippen molar-refractivity contribution in [3.05, 3.63) is 59.9 Å². The maximum Gasteiger partial charge on any atom is 0.321 e. The van der Waals surface area contributed by atoms with Crippen molar-refractivity contribution in [3.8, 4) is 5.75 Å². The van der Waals surface area contributed by atoms with Crippen molar-refractivity contribution >= 4 is 34.3 Å².